The van der Waals surface area contributed by atoms with Gasteiger partial charge in [0.2, 0.25) is 0 Å². The predicted octanol–water partition coefficient (Wildman–Crippen LogP) is 4.39. The van der Waals surface area contributed by atoms with Crippen molar-refractivity contribution in [2.75, 3.05) is 32.1 Å². The first-order valence-electron chi connectivity index (χ1n) is 9.98. The van der Waals surface area contributed by atoms with Crippen LogP contribution in [0.25, 0.3) is 0 Å². The molecule has 0 radical (unpaired) electrons. The molecule has 3 rings (SSSR count). The molecular formula is C23H29N3O2. The lowest BCUT2D eigenvalue weighted by Crippen LogP contribution is -2.38. The minimum absolute atomic E-state index is 0.0732. The van der Waals surface area contributed by atoms with Crippen LogP contribution in [0.2, 0.25) is 0 Å². The largest absolute Gasteiger partial charge is 0.339 e. The standard InChI is InChI=1S/C23H29N3O2/c1-24(23(28)25(2)21-10-6-5-7-11-21)18-19-12-14-20(15-13-19)22(27)26-16-8-3-4-9-17-26/h5-7,10-15H,3-4,8-9,16-18H2,1-2H3. The van der Waals surface area contributed by atoms with Crippen LogP contribution in [0.3, 0.4) is 0 Å². The molecule has 0 saturated carbocycles. The number of hydrogen-bond acceptors (Lipinski definition) is 2. The lowest BCUT2D eigenvalue weighted by Gasteiger charge is -2.25. The zero-order valence-electron chi connectivity index (χ0n) is 16.8. The number of rotatable bonds is 4. The van der Waals surface area contributed by atoms with Crippen LogP contribution in [-0.4, -0.2) is 48.9 Å². The van der Waals surface area contributed by atoms with E-state index in [2.05, 4.69) is 0 Å². The Morgan fingerprint density at radius 3 is 2.07 bits per heavy atom. The summed E-state index contributed by atoms with van der Waals surface area (Å²) in [6.07, 6.45) is 4.60. The molecule has 2 aromatic carbocycles. The van der Waals surface area contributed by atoms with Gasteiger partial charge in [0, 0.05) is 45.0 Å². The molecule has 1 saturated heterocycles. The van der Waals surface area contributed by atoms with Gasteiger partial charge in [-0.1, -0.05) is 43.2 Å². The first-order chi connectivity index (χ1) is 13.6. The molecule has 5 nitrogen and oxygen atoms in total. The molecule has 1 aliphatic rings. The number of amides is 3. The van der Waals surface area contributed by atoms with Gasteiger partial charge in [-0.05, 0) is 42.7 Å². The summed E-state index contributed by atoms with van der Waals surface area (Å²) in [5, 5.41) is 0. The van der Waals surface area contributed by atoms with Gasteiger partial charge in [-0.2, -0.15) is 0 Å². The van der Waals surface area contributed by atoms with Crippen LogP contribution in [0.15, 0.2) is 54.6 Å². The summed E-state index contributed by atoms with van der Waals surface area (Å²) in [6.45, 7) is 2.20. The summed E-state index contributed by atoms with van der Waals surface area (Å²) >= 11 is 0. The molecule has 0 bridgehead atoms. The average Bonchev–Trinajstić information content (AvgIpc) is 3.03. The van der Waals surface area contributed by atoms with E-state index in [0.717, 1.165) is 42.7 Å². The molecule has 148 valence electrons. The Kier molecular flexibility index (Phi) is 6.69. The third-order valence-corrected chi connectivity index (χ3v) is 5.27. The van der Waals surface area contributed by atoms with E-state index in [9.17, 15) is 9.59 Å². The van der Waals surface area contributed by atoms with Gasteiger partial charge in [-0.25, -0.2) is 4.79 Å². The first kappa shape index (κ1) is 19.9. The van der Waals surface area contributed by atoms with Gasteiger partial charge in [0.25, 0.3) is 5.91 Å². The molecule has 0 aromatic heterocycles. The Bertz CT molecular complexity index is 781. The monoisotopic (exact) mass is 379 g/mol. The van der Waals surface area contributed by atoms with Crippen molar-refractivity contribution in [2.24, 2.45) is 0 Å². The molecule has 2 aromatic rings. The van der Waals surface area contributed by atoms with Crippen molar-refractivity contribution in [3.63, 3.8) is 0 Å². The van der Waals surface area contributed by atoms with Crippen LogP contribution in [0.5, 0.6) is 0 Å². The maximum atomic E-state index is 12.7. The van der Waals surface area contributed by atoms with Gasteiger partial charge in [-0.3, -0.25) is 9.69 Å². The van der Waals surface area contributed by atoms with Crippen LogP contribution in [-0.2, 0) is 6.54 Å². The fraction of sp³-hybridized carbons (Fsp3) is 0.391. The van der Waals surface area contributed by atoms with Crippen molar-refractivity contribution < 1.29 is 9.59 Å². The van der Waals surface area contributed by atoms with Crippen molar-refractivity contribution in [2.45, 2.75) is 32.2 Å². The molecule has 0 unspecified atom stereocenters. The topological polar surface area (TPSA) is 43.9 Å². The highest BCUT2D eigenvalue weighted by molar-refractivity contribution is 5.94. The number of carbonyl (C=O) groups excluding carboxylic acids is 2. The number of nitrogens with zero attached hydrogens (tertiary/aromatic N) is 3. The highest BCUT2D eigenvalue weighted by atomic mass is 16.2. The maximum absolute atomic E-state index is 12.7. The predicted molar refractivity (Wildman–Crippen MR) is 113 cm³/mol. The van der Waals surface area contributed by atoms with Crippen molar-refractivity contribution in [3.05, 3.63) is 65.7 Å². The Hall–Kier alpha value is -2.82. The van der Waals surface area contributed by atoms with Crippen molar-refractivity contribution in [1.82, 2.24) is 9.80 Å². The quantitative estimate of drug-likeness (QED) is 0.791. The van der Waals surface area contributed by atoms with Crippen LogP contribution in [0.4, 0.5) is 10.5 Å². The van der Waals surface area contributed by atoms with E-state index in [1.807, 2.05) is 59.5 Å². The van der Waals surface area contributed by atoms with Crippen LogP contribution in [0, 0.1) is 0 Å². The van der Waals surface area contributed by atoms with E-state index in [1.165, 1.54) is 12.8 Å². The third kappa shape index (κ3) is 4.91. The van der Waals surface area contributed by atoms with Crippen LogP contribution in [0.1, 0.15) is 41.6 Å². The van der Waals surface area contributed by atoms with Gasteiger partial charge < -0.3 is 9.80 Å². The summed E-state index contributed by atoms with van der Waals surface area (Å²) in [7, 11) is 3.56. The molecule has 0 aliphatic carbocycles. The number of carbonyl (C=O) groups is 2. The second-order valence-electron chi connectivity index (χ2n) is 7.44. The molecule has 0 N–H and O–H groups in total. The summed E-state index contributed by atoms with van der Waals surface area (Å²) in [5.74, 6) is 0.113. The molecule has 3 amide bonds. The number of anilines is 1. The zero-order chi connectivity index (χ0) is 19.9. The molecule has 0 atom stereocenters. The summed E-state index contributed by atoms with van der Waals surface area (Å²) < 4.78 is 0. The smallest absolute Gasteiger partial charge is 0.324 e. The van der Waals surface area contributed by atoms with E-state index in [0.29, 0.717) is 6.54 Å². The third-order valence-electron chi connectivity index (χ3n) is 5.27. The molecule has 5 heteroatoms. The van der Waals surface area contributed by atoms with Gasteiger partial charge in [0.1, 0.15) is 0 Å². The summed E-state index contributed by atoms with van der Waals surface area (Å²) in [5.41, 5.74) is 2.59. The Morgan fingerprint density at radius 1 is 0.857 bits per heavy atom. The lowest BCUT2D eigenvalue weighted by atomic mass is 10.1. The first-order valence-corrected chi connectivity index (χ1v) is 9.98. The van der Waals surface area contributed by atoms with Crippen LogP contribution >= 0.6 is 0 Å². The second-order valence-corrected chi connectivity index (χ2v) is 7.44. The fourth-order valence-corrected chi connectivity index (χ4v) is 3.57. The van der Waals surface area contributed by atoms with E-state index in [-0.39, 0.29) is 11.9 Å². The number of likely N-dealkylation sites (tertiary alicyclic amines) is 1. The molecule has 1 fully saturated rings. The van der Waals surface area contributed by atoms with E-state index in [1.54, 1.807) is 23.9 Å². The van der Waals surface area contributed by atoms with E-state index in [4.69, 9.17) is 0 Å². The molecule has 28 heavy (non-hydrogen) atoms. The number of hydrogen-bond donors (Lipinski definition) is 0. The van der Waals surface area contributed by atoms with E-state index >= 15 is 0 Å². The normalized spacial score (nSPS) is 14.3. The SMILES string of the molecule is CN(Cc1ccc(C(=O)N2CCCCCC2)cc1)C(=O)N(C)c1ccccc1. The van der Waals surface area contributed by atoms with Gasteiger partial charge in [-0.15, -0.1) is 0 Å². The lowest BCUT2D eigenvalue weighted by molar-refractivity contribution is 0.0761. The Morgan fingerprint density at radius 2 is 1.46 bits per heavy atom. The molecule has 0 spiro atoms. The maximum Gasteiger partial charge on any atom is 0.324 e. The van der Waals surface area contributed by atoms with Gasteiger partial charge >= 0.3 is 6.03 Å². The number of benzene rings is 2. The summed E-state index contributed by atoms with van der Waals surface area (Å²) in [4.78, 5) is 30.6. The minimum atomic E-state index is -0.0732. The average molecular weight is 380 g/mol. The summed E-state index contributed by atoms with van der Waals surface area (Å²) in [6, 6.07) is 17.1. The van der Waals surface area contributed by atoms with Crippen molar-refractivity contribution in [1.29, 1.82) is 0 Å². The van der Waals surface area contributed by atoms with Gasteiger partial charge in [0.05, 0.1) is 0 Å². The zero-order valence-corrected chi connectivity index (χ0v) is 16.8. The fourth-order valence-electron chi connectivity index (χ4n) is 3.57. The number of para-hydroxylation sites is 1. The molecule has 1 heterocycles. The van der Waals surface area contributed by atoms with Crippen molar-refractivity contribution in [3.8, 4) is 0 Å². The minimum Gasteiger partial charge on any atom is -0.339 e. The number of urea groups is 1. The second kappa shape index (κ2) is 9.40. The van der Waals surface area contributed by atoms with Crippen LogP contribution < -0.4 is 4.90 Å². The highest BCUT2D eigenvalue weighted by Gasteiger charge is 2.18. The van der Waals surface area contributed by atoms with E-state index < -0.39 is 0 Å². The molecular weight excluding hydrogens is 350 g/mol. The van der Waals surface area contributed by atoms with Crippen molar-refractivity contribution >= 4 is 17.6 Å². The molecule has 1 aliphatic heterocycles. The highest BCUT2D eigenvalue weighted by Crippen LogP contribution is 2.16. The Balaban J connectivity index is 1.60. The van der Waals surface area contributed by atoms with Gasteiger partial charge in [0.15, 0.2) is 0 Å². The Labute approximate surface area is 167 Å².